The average Bonchev–Trinajstić information content (AvgIpc) is 2.70. The third kappa shape index (κ3) is 5.62. The summed E-state index contributed by atoms with van der Waals surface area (Å²) in [6, 6.07) is 19.5. The quantitative estimate of drug-likeness (QED) is 0.256. The summed E-state index contributed by atoms with van der Waals surface area (Å²) in [5.41, 5.74) is 6.04. The van der Waals surface area contributed by atoms with E-state index in [1.54, 1.807) is 42.5 Å². The Morgan fingerprint density at radius 2 is 1.69 bits per heavy atom. The maximum Gasteiger partial charge on any atom is 0.343 e. The van der Waals surface area contributed by atoms with E-state index in [1.165, 1.54) is 6.21 Å². The molecule has 0 saturated heterocycles. The van der Waals surface area contributed by atoms with Crippen LogP contribution in [0.3, 0.4) is 0 Å². The number of nitrogens with one attached hydrogen (secondary N) is 1. The van der Waals surface area contributed by atoms with E-state index in [4.69, 9.17) is 4.74 Å². The minimum atomic E-state index is -0.467. The van der Waals surface area contributed by atoms with Crippen molar-refractivity contribution in [2.45, 2.75) is 13.8 Å². The van der Waals surface area contributed by atoms with Gasteiger partial charge >= 0.3 is 5.97 Å². The summed E-state index contributed by atoms with van der Waals surface area (Å²) in [6.07, 6.45) is 1.44. The molecule has 0 heterocycles. The molecule has 0 saturated carbocycles. The highest BCUT2D eigenvalue weighted by Gasteiger charge is 2.12. The molecular formula is C23H19BrN2O3. The molecule has 0 fully saturated rings. The van der Waals surface area contributed by atoms with E-state index < -0.39 is 5.97 Å². The minimum Gasteiger partial charge on any atom is -0.422 e. The fraction of sp³-hybridized carbons (Fsp3) is 0.0870. The average molecular weight is 451 g/mol. The Kier molecular flexibility index (Phi) is 6.57. The Balaban J connectivity index is 1.74. The van der Waals surface area contributed by atoms with Gasteiger partial charge in [-0.2, -0.15) is 5.10 Å². The monoisotopic (exact) mass is 450 g/mol. The number of nitrogens with zero attached hydrogens (tertiary/aromatic N) is 1. The molecule has 1 amide bonds. The molecule has 0 atom stereocenters. The summed E-state index contributed by atoms with van der Waals surface area (Å²) in [7, 11) is 0. The molecule has 0 aromatic heterocycles. The molecule has 3 aromatic carbocycles. The largest absolute Gasteiger partial charge is 0.422 e. The van der Waals surface area contributed by atoms with E-state index in [0.29, 0.717) is 22.4 Å². The Morgan fingerprint density at radius 3 is 2.41 bits per heavy atom. The van der Waals surface area contributed by atoms with E-state index in [0.717, 1.165) is 15.6 Å². The lowest BCUT2D eigenvalue weighted by Gasteiger charge is -2.08. The second kappa shape index (κ2) is 9.30. The SMILES string of the molecule is Cc1ccc(C(=O)Oc2ccc(Br)cc2/C=N/NC(=O)c2cccc(C)c2)cc1. The van der Waals surface area contributed by atoms with Gasteiger partial charge in [0.15, 0.2) is 0 Å². The predicted molar refractivity (Wildman–Crippen MR) is 117 cm³/mol. The molecule has 1 N–H and O–H groups in total. The van der Waals surface area contributed by atoms with Crippen LogP contribution in [0.5, 0.6) is 5.75 Å². The van der Waals surface area contributed by atoms with Gasteiger partial charge in [0.2, 0.25) is 0 Å². The number of aryl methyl sites for hydroxylation is 2. The van der Waals surface area contributed by atoms with Crippen molar-refractivity contribution >= 4 is 34.0 Å². The van der Waals surface area contributed by atoms with Crippen LogP contribution in [0.15, 0.2) is 76.3 Å². The van der Waals surface area contributed by atoms with Crippen LogP contribution in [0.1, 0.15) is 37.4 Å². The third-order valence-corrected chi connectivity index (χ3v) is 4.61. The first-order valence-corrected chi connectivity index (χ1v) is 9.70. The number of carbonyl (C=O) groups excluding carboxylic acids is 2. The summed E-state index contributed by atoms with van der Waals surface area (Å²) in [4.78, 5) is 24.6. The first-order valence-electron chi connectivity index (χ1n) is 8.91. The smallest absolute Gasteiger partial charge is 0.343 e. The summed E-state index contributed by atoms with van der Waals surface area (Å²) >= 11 is 3.39. The van der Waals surface area contributed by atoms with Crippen LogP contribution in [0.2, 0.25) is 0 Å². The molecular weight excluding hydrogens is 432 g/mol. The highest BCUT2D eigenvalue weighted by molar-refractivity contribution is 9.10. The van der Waals surface area contributed by atoms with E-state index in [2.05, 4.69) is 26.5 Å². The number of ether oxygens (including phenoxy) is 1. The van der Waals surface area contributed by atoms with E-state index in [9.17, 15) is 9.59 Å². The first-order chi connectivity index (χ1) is 13.9. The van der Waals surface area contributed by atoms with Crippen LogP contribution < -0.4 is 10.2 Å². The van der Waals surface area contributed by atoms with Crippen molar-refractivity contribution in [2.75, 3.05) is 0 Å². The van der Waals surface area contributed by atoms with E-state index in [1.807, 2.05) is 38.1 Å². The van der Waals surface area contributed by atoms with E-state index in [-0.39, 0.29) is 5.91 Å². The zero-order chi connectivity index (χ0) is 20.8. The summed E-state index contributed by atoms with van der Waals surface area (Å²) in [5.74, 6) is -0.448. The fourth-order valence-corrected chi connectivity index (χ4v) is 2.95. The minimum absolute atomic E-state index is 0.321. The third-order valence-electron chi connectivity index (χ3n) is 4.11. The van der Waals surface area contributed by atoms with Gasteiger partial charge in [-0.3, -0.25) is 4.79 Å². The van der Waals surface area contributed by atoms with Crippen LogP contribution in [-0.4, -0.2) is 18.1 Å². The Morgan fingerprint density at radius 1 is 0.931 bits per heavy atom. The Labute approximate surface area is 177 Å². The standard InChI is InChI=1S/C23H19BrN2O3/c1-15-6-8-17(9-7-15)23(28)29-21-11-10-20(24)13-19(21)14-25-26-22(27)18-5-3-4-16(2)12-18/h3-14H,1-2H3,(H,26,27)/b25-14+. The Bertz CT molecular complexity index is 1080. The molecule has 6 heteroatoms. The number of carbonyl (C=O) groups is 2. The van der Waals surface area contributed by atoms with Crippen molar-refractivity contribution in [1.29, 1.82) is 0 Å². The molecule has 0 bridgehead atoms. The first kappa shape index (κ1) is 20.5. The second-order valence-corrected chi connectivity index (χ2v) is 7.42. The van der Waals surface area contributed by atoms with Gasteiger partial charge in [-0.25, -0.2) is 10.2 Å². The molecule has 0 radical (unpaired) electrons. The second-order valence-electron chi connectivity index (χ2n) is 6.51. The van der Waals surface area contributed by atoms with Crippen molar-refractivity contribution in [1.82, 2.24) is 5.43 Å². The van der Waals surface area contributed by atoms with Crippen LogP contribution in [-0.2, 0) is 0 Å². The van der Waals surface area contributed by atoms with Crippen molar-refractivity contribution in [3.05, 3.63) is 99.0 Å². The number of halogens is 1. The molecule has 3 aromatic rings. The summed E-state index contributed by atoms with van der Waals surface area (Å²) < 4.78 is 6.31. The number of amides is 1. The van der Waals surface area contributed by atoms with Gasteiger partial charge in [0.05, 0.1) is 11.8 Å². The molecule has 146 valence electrons. The lowest BCUT2D eigenvalue weighted by atomic mass is 10.1. The van der Waals surface area contributed by atoms with Crippen LogP contribution in [0.4, 0.5) is 0 Å². The zero-order valence-corrected chi connectivity index (χ0v) is 17.6. The summed E-state index contributed by atoms with van der Waals surface area (Å²) in [6.45, 7) is 3.86. The maximum atomic E-state index is 12.4. The molecule has 0 unspecified atom stereocenters. The summed E-state index contributed by atoms with van der Waals surface area (Å²) in [5, 5.41) is 4.00. The van der Waals surface area contributed by atoms with Crippen molar-refractivity contribution in [2.24, 2.45) is 5.10 Å². The van der Waals surface area contributed by atoms with Crippen molar-refractivity contribution in [3.8, 4) is 5.75 Å². The van der Waals surface area contributed by atoms with Gasteiger partial charge in [-0.1, -0.05) is 51.3 Å². The molecule has 29 heavy (non-hydrogen) atoms. The maximum absolute atomic E-state index is 12.4. The van der Waals surface area contributed by atoms with E-state index >= 15 is 0 Å². The number of rotatable bonds is 5. The van der Waals surface area contributed by atoms with Crippen molar-refractivity contribution in [3.63, 3.8) is 0 Å². The van der Waals surface area contributed by atoms with Gasteiger partial charge < -0.3 is 4.74 Å². The topological polar surface area (TPSA) is 67.8 Å². The number of hydrogen-bond acceptors (Lipinski definition) is 4. The Hall–Kier alpha value is -3.25. The highest BCUT2D eigenvalue weighted by Crippen LogP contribution is 2.23. The molecule has 0 spiro atoms. The lowest BCUT2D eigenvalue weighted by Crippen LogP contribution is -2.17. The fourth-order valence-electron chi connectivity index (χ4n) is 2.57. The van der Waals surface area contributed by atoms with Crippen LogP contribution >= 0.6 is 15.9 Å². The highest BCUT2D eigenvalue weighted by atomic mass is 79.9. The number of benzene rings is 3. The van der Waals surface area contributed by atoms with Crippen LogP contribution in [0.25, 0.3) is 0 Å². The van der Waals surface area contributed by atoms with Crippen molar-refractivity contribution < 1.29 is 14.3 Å². The van der Waals surface area contributed by atoms with Gasteiger partial charge in [0.1, 0.15) is 5.75 Å². The zero-order valence-electron chi connectivity index (χ0n) is 16.0. The molecule has 3 rings (SSSR count). The number of hydrogen-bond donors (Lipinski definition) is 1. The molecule has 0 aliphatic carbocycles. The number of esters is 1. The van der Waals surface area contributed by atoms with Crippen LogP contribution in [0, 0.1) is 13.8 Å². The normalized spacial score (nSPS) is 10.7. The number of hydrazone groups is 1. The van der Waals surface area contributed by atoms with Gasteiger partial charge in [-0.15, -0.1) is 0 Å². The van der Waals surface area contributed by atoms with Gasteiger partial charge in [0.25, 0.3) is 5.91 Å². The molecule has 0 aliphatic heterocycles. The predicted octanol–water partition coefficient (Wildman–Crippen LogP) is 5.05. The lowest BCUT2D eigenvalue weighted by molar-refractivity contribution is 0.0734. The van der Waals surface area contributed by atoms with Gasteiger partial charge in [-0.05, 0) is 56.3 Å². The molecule has 0 aliphatic rings. The molecule has 5 nitrogen and oxygen atoms in total. The van der Waals surface area contributed by atoms with Gasteiger partial charge in [0, 0.05) is 15.6 Å².